The number of para-hydroxylation sites is 2. The zero-order chi connectivity index (χ0) is 29.5. The molecular formula is C41H23N3O. The number of fused-ring (bicyclic) bond motifs is 7. The van der Waals surface area contributed by atoms with Crippen LogP contribution in [0.1, 0.15) is 0 Å². The van der Waals surface area contributed by atoms with Gasteiger partial charge in [-0.1, -0.05) is 115 Å². The highest BCUT2D eigenvalue weighted by Crippen LogP contribution is 2.48. The molecule has 1 aliphatic carbocycles. The van der Waals surface area contributed by atoms with Crippen molar-refractivity contribution in [1.82, 2.24) is 15.0 Å². The van der Waals surface area contributed by atoms with Gasteiger partial charge in [0.2, 0.25) is 0 Å². The van der Waals surface area contributed by atoms with Crippen molar-refractivity contribution in [3.63, 3.8) is 0 Å². The Kier molecular flexibility index (Phi) is 4.96. The zero-order valence-electron chi connectivity index (χ0n) is 24.0. The van der Waals surface area contributed by atoms with Crippen molar-refractivity contribution in [3.8, 4) is 56.4 Å². The van der Waals surface area contributed by atoms with E-state index < -0.39 is 0 Å². The minimum atomic E-state index is 0.582. The number of furan rings is 1. The summed E-state index contributed by atoms with van der Waals surface area (Å²) in [5.41, 5.74) is 9.30. The van der Waals surface area contributed by atoms with Gasteiger partial charge in [-0.05, 0) is 68.1 Å². The highest BCUT2D eigenvalue weighted by Gasteiger charge is 2.23. The summed E-state index contributed by atoms with van der Waals surface area (Å²) in [7, 11) is 0. The van der Waals surface area contributed by atoms with Crippen LogP contribution in [0, 0.1) is 0 Å². The molecule has 0 radical (unpaired) electrons. The van der Waals surface area contributed by atoms with E-state index in [0.29, 0.717) is 17.5 Å². The van der Waals surface area contributed by atoms with Crippen LogP contribution in [0.4, 0.5) is 0 Å². The van der Waals surface area contributed by atoms with Gasteiger partial charge in [0.15, 0.2) is 17.5 Å². The van der Waals surface area contributed by atoms with Crippen molar-refractivity contribution in [2.45, 2.75) is 0 Å². The van der Waals surface area contributed by atoms with Crippen LogP contribution in [-0.4, -0.2) is 15.0 Å². The lowest BCUT2D eigenvalue weighted by molar-refractivity contribution is 0.669. The lowest BCUT2D eigenvalue weighted by Crippen LogP contribution is -2.00. The average Bonchev–Trinajstić information content (AvgIpc) is 3.65. The molecule has 0 aliphatic heterocycles. The monoisotopic (exact) mass is 573 g/mol. The van der Waals surface area contributed by atoms with Crippen molar-refractivity contribution in [1.29, 1.82) is 0 Å². The highest BCUT2D eigenvalue weighted by molar-refractivity contribution is 6.15. The standard InChI is InChI=1S/C41H23N3O/c1-2-9-26-22-27(19-18-24(26)8-1)39-42-40(28-20-21-29-31-13-5-10-25-11-6-14-32(37(25)31)35(29)23-28)44-41(43-39)34-16-7-15-33-30-12-3-4-17-36(30)45-38(33)34/h1-23H. The van der Waals surface area contributed by atoms with E-state index in [9.17, 15) is 0 Å². The summed E-state index contributed by atoms with van der Waals surface area (Å²) in [6.45, 7) is 0. The maximum Gasteiger partial charge on any atom is 0.167 e. The first-order valence-corrected chi connectivity index (χ1v) is 15.1. The van der Waals surface area contributed by atoms with Crippen LogP contribution in [0.15, 0.2) is 144 Å². The third kappa shape index (κ3) is 3.63. The molecule has 9 aromatic rings. The molecule has 0 unspecified atom stereocenters. The van der Waals surface area contributed by atoms with Gasteiger partial charge in [0.05, 0.1) is 5.56 Å². The molecule has 0 saturated carbocycles. The van der Waals surface area contributed by atoms with Gasteiger partial charge in [-0.3, -0.25) is 0 Å². The molecule has 2 aromatic heterocycles. The topological polar surface area (TPSA) is 51.8 Å². The van der Waals surface area contributed by atoms with E-state index in [0.717, 1.165) is 44.0 Å². The summed E-state index contributed by atoms with van der Waals surface area (Å²) in [6.07, 6.45) is 0. The molecule has 0 spiro atoms. The Morgan fingerprint density at radius 3 is 1.87 bits per heavy atom. The molecule has 208 valence electrons. The number of rotatable bonds is 3. The van der Waals surface area contributed by atoms with E-state index in [1.165, 1.54) is 38.4 Å². The van der Waals surface area contributed by atoms with E-state index in [4.69, 9.17) is 19.4 Å². The Morgan fingerprint density at radius 2 is 1.00 bits per heavy atom. The zero-order valence-corrected chi connectivity index (χ0v) is 24.0. The van der Waals surface area contributed by atoms with Crippen LogP contribution in [0.3, 0.4) is 0 Å². The van der Waals surface area contributed by atoms with Crippen LogP contribution in [0.25, 0.3) is 99.9 Å². The predicted molar refractivity (Wildman–Crippen MR) is 183 cm³/mol. The third-order valence-corrected chi connectivity index (χ3v) is 9.05. The predicted octanol–water partition coefficient (Wildman–Crippen LogP) is 10.7. The Labute approximate surface area is 258 Å². The largest absolute Gasteiger partial charge is 0.455 e. The van der Waals surface area contributed by atoms with Gasteiger partial charge in [0, 0.05) is 21.9 Å². The van der Waals surface area contributed by atoms with E-state index in [2.05, 4.69) is 109 Å². The second kappa shape index (κ2) is 9.18. The molecule has 0 N–H and O–H groups in total. The highest BCUT2D eigenvalue weighted by atomic mass is 16.3. The maximum atomic E-state index is 6.42. The van der Waals surface area contributed by atoms with Crippen molar-refractivity contribution in [2.24, 2.45) is 0 Å². The molecule has 0 atom stereocenters. The van der Waals surface area contributed by atoms with Crippen LogP contribution >= 0.6 is 0 Å². The van der Waals surface area contributed by atoms with Gasteiger partial charge in [0.25, 0.3) is 0 Å². The Hall–Kier alpha value is -6.13. The smallest absolute Gasteiger partial charge is 0.167 e. The van der Waals surface area contributed by atoms with E-state index in [-0.39, 0.29) is 0 Å². The average molecular weight is 574 g/mol. The number of nitrogens with zero attached hydrogens (tertiary/aromatic N) is 3. The number of aromatic nitrogens is 3. The summed E-state index contributed by atoms with van der Waals surface area (Å²) in [4.78, 5) is 15.3. The molecule has 7 aromatic carbocycles. The van der Waals surface area contributed by atoms with Crippen molar-refractivity contribution >= 4 is 43.5 Å². The van der Waals surface area contributed by atoms with Gasteiger partial charge >= 0.3 is 0 Å². The maximum absolute atomic E-state index is 6.42. The van der Waals surface area contributed by atoms with Crippen LogP contribution in [-0.2, 0) is 0 Å². The quantitative estimate of drug-likeness (QED) is 0.211. The molecule has 0 amide bonds. The molecule has 2 heterocycles. The van der Waals surface area contributed by atoms with E-state index in [1.54, 1.807) is 0 Å². The molecule has 0 saturated heterocycles. The first kappa shape index (κ1) is 24.3. The molecule has 10 rings (SSSR count). The van der Waals surface area contributed by atoms with Crippen molar-refractivity contribution in [3.05, 3.63) is 140 Å². The Bertz CT molecular complexity index is 2660. The van der Waals surface area contributed by atoms with Gasteiger partial charge in [-0.25, -0.2) is 15.0 Å². The van der Waals surface area contributed by atoms with Gasteiger partial charge in [-0.15, -0.1) is 0 Å². The van der Waals surface area contributed by atoms with E-state index in [1.807, 2.05) is 30.3 Å². The third-order valence-electron chi connectivity index (χ3n) is 9.05. The van der Waals surface area contributed by atoms with Crippen LogP contribution < -0.4 is 0 Å². The van der Waals surface area contributed by atoms with Crippen molar-refractivity contribution < 1.29 is 4.42 Å². The second-order valence-electron chi connectivity index (χ2n) is 11.6. The molecular weight excluding hydrogens is 550 g/mol. The Balaban J connectivity index is 1.21. The molecule has 1 aliphatic rings. The second-order valence-corrected chi connectivity index (χ2v) is 11.6. The first-order valence-electron chi connectivity index (χ1n) is 15.1. The van der Waals surface area contributed by atoms with Gasteiger partial charge in [-0.2, -0.15) is 0 Å². The SMILES string of the molecule is c1ccc2cc(-c3nc(-c4ccc5c(c4)-c4cccc6cccc-5c46)nc(-c4cccc5c4oc4ccccc45)n3)ccc2c1. The summed E-state index contributed by atoms with van der Waals surface area (Å²) in [6, 6.07) is 48.7. The number of benzene rings is 7. The number of hydrogen-bond acceptors (Lipinski definition) is 4. The lowest BCUT2D eigenvalue weighted by Gasteiger charge is -2.11. The molecule has 4 nitrogen and oxygen atoms in total. The fourth-order valence-electron chi connectivity index (χ4n) is 6.94. The van der Waals surface area contributed by atoms with Crippen LogP contribution in [0.5, 0.6) is 0 Å². The van der Waals surface area contributed by atoms with Gasteiger partial charge < -0.3 is 4.42 Å². The van der Waals surface area contributed by atoms with Crippen molar-refractivity contribution in [2.75, 3.05) is 0 Å². The Morgan fingerprint density at radius 1 is 0.378 bits per heavy atom. The number of hydrogen-bond donors (Lipinski definition) is 0. The molecule has 45 heavy (non-hydrogen) atoms. The summed E-state index contributed by atoms with van der Waals surface area (Å²) >= 11 is 0. The molecule has 0 bridgehead atoms. The normalized spacial score (nSPS) is 12.0. The van der Waals surface area contributed by atoms with Gasteiger partial charge in [0.1, 0.15) is 11.2 Å². The van der Waals surface area contributed by atoms with Crippen LogP contribution in [0.2, 0.25) is 0 Å². The lowest BCUT2D eigenvalue weighted by atomic mass is 10.0. The molecule has 0 fully saturated rings. The summed E-state index contributed by atoms with van der Waals surface area (Å²) in [5.74, 6) is 1.83. The minimum Gasteiger partial charge on any atom is -0.455 e. The fraction of sp³-hybridized carbons (Fsp3) is 0. The molecule has 4 heteroatoms. The summed E-state index contributed by atoms with van der Waals surface area (Å²) < 4.78 is 6.42. The first-order chi connectivity index (χ1) is 22.3. The van der Waals surface area contributed by atoms with E-state index >= 15 is 0 Å². The fourth-order valence-corrected chi connectivity index (χ4v) is 6.94. The summed E-state index contributed by atoms with van der Waals surface area (Å²) in [5, 5.41) is 6.99. The minimum absolute atomic E-state index is 0.582.